The van der Waals surface area contributed by atoms with Crippen LogP contribution < -0.4 is 0 Å². The second-order valence-electron chi connectivity index (χ2n) is 17.1. The van der Waals surface area contributed by atoms with Crippen molar-refractivity contribution in [3.63, 3.8) is 0 Å². The Balaban J connectivity index is 0.996. The third-order valence-corrected chi connectivity index (χ3v) is 13.8. The summed E-state index contributed by atoms with van der Waals surface area (Å²) in [7, 11) is 0. The first-order chi connectivity index (χ1) is 31.7. The van der Waals surface area contributed by atoms with Crippen LogP contribution in [0.4, 0.5) is 0 Å². The number of aromatic nitrogens is 4. The van der Waals surface area contributed by atoms with Crippen LogP contribution in [0.1, 0.15) is 22.3 Å². The summed E-state index contributed by atoms with van der Waals surface area (Å²) in [6.07, 6.45) is 0. The molecule has 2 aromatic heterocycles. The Hall–Kier alpha value is -8.47. The van der Waals surface area contributed by atoms with Gasteiger partial charge in [0, 0.05) is 32.8 Å². The Morgan fingerprint density at radius 3 is 1.52 bits per heavy atom. The highest BCUT2D eigenvalue weighted by molar-refractivity contribution is 6.15. The van der Waals surface area contributed by atoms with Crippen molar-refractivity contribution in [2.75, 3.05) is 0 Å². The van der Waals surface area contributed by atoms with E-state index < -0.39 is 5.41 Å². The molecule has 64 heavy (non-hydrogen) atoms. The van der Waals surface area contributed by atoms with E-state index in [1.807, 2.05) is 18.2 Å². The fraction of sp³-hybridized carbons (Fsp3) is 0.0167. The van der Waals surface area contributed by atoms with Gasteiger partial charge in [-0.3, -0.25) is 0 Å². The lowest BCUT2D eigenvalue weighted by Gasteiger charge is -2.30. The number of fused-ring (bicyclic) bond motifs is 15. The van der Waals surface area contributed by atoms with Crippen molar-refractivity contribution in [1.82, 2.24) is 19.5 Å². The highest BCUT2D eigenvalue weighted by Gasteiger charge is 2.51. The summed E-state index contributed by atoms with van der Waals surface area (Å²) in [5, 5.41) is 7.11. The van der Waals surface area contributed by atoms with Crippen LogP contribution in [-0.4, -0.2) is 19.5 Å². The highest BCUT2D eigenvalue weighted by atomic mass is 15.0. The van der Waals surface area contributed by atoms with Crippen molar-refractivity contribution in [3.8, 4) is 62.1 Å². The van der Waals surface area contributed by atoms with Gasteiger partial charge in [0.2, 0.25) is 0 Å². The van der Waals surface area contributed by atoms with Gasteiger partial charge < -0.3 is 4.57 Å². The second kappa shape index (κ2) is 13.3. The summed E-state index contributed by atoms with van der Waals surface area (Å²) >= 11 is 0. The van der Waals surface area contributed by atoms with Crippen LogP contribution >= 0.6 is 0 Å². The Bertz CT molecular complexity index is 3850. The summed E-state index contributed by atoms with van der Waals surface area (Å²) in [5.74, 6) is 1.91. The van der Waals surface area contributed by atoms with E-state index in [0.717, 1.165) is 33.2 Å². The van der Waals surface area contributed by atoms with E-state index >= 15 is 0 Å². The molecule has 0 N–H and O–H groups in total. The normalized spacial score (nSPS) is 13.1. The SMILES string of the molecule is c1ccc(-c2nc(-c3ccc4c(c3)C3(c5ccccc5-c5ccccc53)c3ccccc3-4)nc(-c3ccc(-n4c5ccccc5c5cc6ccccc6cc54)c4ccccc34)n2)cc1. The Morgan fingerprint density at radius 1 is 0.297 bits per heavy atom. The Morgan fingerprint density at radius 2 is 0.812 bits per heavy atom. The number of hydrogen-bond acceptors (Lipinski definition) is 3. The van der Waals surface area contributed by atoms with Crippen LogP contribution in [0.25, 0.3) is 105 Å². The van der Waals surface area contributed by atoms with Crippen molar-refractivity contribution in [2.24, 2.45) is 0 Å². The molecule has 0 amide bonds. The topological polar surface area (TPSA) is 43.6 Å². The zero-order chi connectivity index (χ0) is 41.9. The molecule has 12 aromatic rings. The van der Waals surface area contributed by atoms with E-state index in [1.165, 1.54) is 77.1 Å². The molecule has 296 valence electrons. The molecule has 2 aliphatic carbocycles. The molecule has 0 saturated carbocycles. The van der Waals surface area contributed by atoms with Gasteiger partial charge >= 0.3 is 0 Å². The van der Waals surface area contributed by atoms with Crippen molar-refractivity contribution in [2.45, 2.75) is 5.41 Å². The average molecular weight is 813 g/mol. The lowest BCUT2D eigenvalue weighted by molar-refractivity contribution is 0.794. The van der Waals surface area contributed by atoms with E-state index in [0.29, 0.717) is 17.5 Å². The monoisotopic (exact) mass is 812 g/mol. The second-order valence-corrected chi connectivity index (χ2v) is 17.1. The molecule has 0 radical (unpaired) electrons. The van der Waals surface area contributed by atoms with Gasteiger partial charge in [-0.05, 0) is 97.1 Å². The molecule has 0 fully saturated rings. The minimum Gasteiger partial charge on any atom is -0.309 e. The minimum absolute atomic E-state index is 0.474. The Kier molecular flexibility index (Phi) is 7.29. The van der Waals surface area contributed by atoms with Gasteiger partial charge in [0.1, 0.15) is 0 Å². The quantitative estimate of drug-likeness (QED) is 0.178. The molecule has 4 nitrogen and oxygen atoms in total. The molecule has 0 atom stereocenters. The number of para-hydroxylation sites is 1. The molecular formula is C60H36N4. The van der Waals surface area contributed by atoms with E-state index in [2.05, 4.69) is 205 Å². The van der Waals surface area contributed by atoms with Gasteiger partial charge in [0.15, 0.2) is 17.5 Å². The average Bonchev–Trinajstić information content (AvgIpc) is 3.96. The zero-order valence-electron chi connectivity index (χ0n) is 34.6. The van der Waals surface area contributed by atoms with Crippen LogP contribution in [0, 0.1) is 0 Å². The molecule has 0 bridgehead atoms. The third kappa shape index (κ3) is 4.79. The van der Waals surface area contributed by atoms with Gasteiger partial charge in [0.05, 0.1) is 22.1 Å². The first kappa shape index (κ1) is 35.2. The maximum Gasteiger partial charge on any atom is 0.164 e. The number of nitrogens with zero attached hydrogens (tertiary/aromatic N) is 4. The van der Waals surface area contributed by atoms with Gasteiger partial charge in [-0.15, -0.1) is 0 Å². The van der Waals surface area contributed by atoms with Crippen molar-refractivity contribution in [1.29, 1.82) is 0 Å². The maximum absolute atomic E-state index is 5.43. The van der Waals surface area contributed by atoms with Crippen LogP contribution in [0.2, 0.25) is 0 Å². The standard InChI is InChI=1S/C60H36N4/c1-2-16-37(17-3-1)57-61-58(40-30-31-45-44-23-10-14-28-52(44)60(53(45)35-40)50-26-12-8-21-42(50)43-22-9-13-27-51(43)60)63-59(62-57)48-32-33-55(46-24-7-6-20-41(46)48)64-54-29-15-11-25-47(54)49-34-38-18-4-5-19-39(38)36-56(49)64/h1-36H. The Labute approximate surface area is 369 Å². The molecule has 0 unspecified atom stereocenters. The first-order valence-corrected chi connectivity index (χ1v) is 21.9. The maximum atomic E-state index is 5.43. The van der Waals surface area contributed by atoms with Crippen LogP contribution in [0.5, 0.6) is 0 Å². The highest BCUT2D eigenvalue weighted by Crippen LogP contribution is 2.63. The largest absolute Gasteiger partial charge is 0.309 e. The van der Waals surface area contributed by atoms with Crippen LogP contribution in [0.15, 0.2) is 218 Å². The molecule has 2 aliphatic rings. The fourth-order valence-electron chi connectivity index (χ4n) is 11.2. The number of benzene rings is 10. The summed E-state index contributed by atoms with van der Waals surface area (Å²) in [5.41, 5.74) is 16.1. The summed E-state index contributed by atoms with van der Waals surface area (Å²) in [6, 6.07) is 79.1. The fourth-order valence-corrected chi connectivity index (χ4v) is 11.2. The van der Waals surface area contributed by atoms with Crippen LogP contribution in [0.3, 0.4) is 0 Å². The third-order valence-electron chi connectivity index (χ3n) is 13.8. The molecule has 0 aliphatic heterocycles. The predicted octanol–water partition coefficient (Wildman–Crippen LogP) is 14.6. The van der Waals surface area contributed by atoms with Gasteiger partial charge in [0.25, 0.3) is 0 Å². The lowest BCUT2D eigenvalue weighted by atomic mass is 9.70. The van der Waals surface area contributed by atoms with Crippen LogP contribution in [-0.2, 0) is 5.41 Å². The van der Waals surface area contributed by atoms with E-state index in [1.54, 1.807) is 0 Å². The number of rotatable bonds is 4. The molecule has 4 heteroatoms. The van der Waals surface area contributed by atoms with E-state index in [-0.39, 0.29) is 0 Å². The smallest absolute Gasteiger partial charge is 0.164 e. The summed E-state index contributed by atoms with van der Waals surface area (Å²) in [6.45, 7) is 0. The molecular weight excluding hydrogens is 777 g/mol. The van der Waals surface area contributed by atoms with Gasteiger partial charge in [-0.2, -0.15) is 0 Å². The van der Waals surface area contributed by atoms with E-state index in [9.17, 15) is 0 Å². The first-order valence-electron chi connectivity index (χ1n) is 21.9. The molecule has 1 spiro atoms. The van der Waals surface area contributed by atoms with Crippen molar-refractivity contribution >= 4 is 43.4 Å². The summed E-state index contributed by atoms with van der Waals surface area (Å²) in [4.78, 5) is 16.0. The predicted molar refractivity (Wildman–Crippen MR) is 262 cm³/mol. The summed E-state index contributed by atoms with van der Waals surface area (Å²) < 4.78 is 2.43. The molecule has 2 heterocycles. The zero-order valence-corrected chi connectivity index (χ0v) is 34.6. The van der Waals surface area contributed by atoms with Gasteiger partial charge in [-0.25, -0.2) is 15.0 Å². The van der Waals surface area contributed by atoms with Gasteiger partial charge in [-0.1, -0.05) is 182 Å². The van der Waals surface area contributed by atoms with E-state index in [4.69, 9.17) is 15.0 Å². The lowest BCUT2D eigenvalue weighted by Crippen LogP contribution is -2.25. The number of hydrogen-bond donors (Lipinski definition) is 0. The van der Waals surface area contributed by atoms with Crippen molar-refractivity contribution in [3.05, 3.63) is 241 Å². The van der Waals surface area contributed by atoms with Crippen molar-refractivity contribution < 1.29 is 0 Å². The molecule has 0 saturated heterocycles. The molecule has 10 aromatic carbocycles. The minimum atomic E-state index is -0.474. The molecule has 14 rings (SSSR count).